The number of carbonyl (C=O) groups is 1. The van der Waals surface area contributed by atoms with E-state index in [1.807, 2.05) is 0 Å². The third kappa shape index (κ3) is 4.43. The highest BCUT2D eigenvalue weighted by Gasteiger charge is 2.13. The fraction of sp³-hybridized carbons (Fsp3) is 0.133. The summed E-state index contributed by atoms with van der Waals surface area (Å²) in [5.41, 5.74) is -0.177. The SMILES string of the molecule is O=C(NC[C@H](O)c1ccc(F)c(F)c1)Nc1ccc(F)cc1F. The number of aliphatic hydroxyl groups excluding tert-OH is 1. The second kappa shape index (κ2) is 7.10. The Balaban J connectivity index is 1.91. The number of nitrogens with one attached hydrogen (secondary N) is 2. The van der Waals surface area contributed by atoms with Gasteiger partial charge in [0, 0.05) is 12.6 Å². The summed E-state index contributed by atoms with van der Waals surface area (Å²) in [4.78, 5) is 11.6. The van der Waals surface area contributed by atoms with Crippen LogP contribution in [0.3, 0.4) is 0 Å². The highest BCUT2D eigenvalue weighted by atomic mass is 19.2. The van der Waals surface area contributed by atoms with Crippen molar-refractivity contribution in [1.82, 2.24) is 5.32 Å². The van der Waals surface area contributed by atoms with Gasteiger partial charge in [0.05, 0.1) is 11.8 Å². The number of halogens is 4. The van der Waals surface area contributed by atoms with Crippen LogP contribution in [-0.4, -0.2) is 17.7 Å². The smallest absolute Gasteiger partial charge is 0.319 e. The van der Waals surface area contributed by atoms with Gasteiger partial charge in [0.15, 0.2) is 11.6 Å². The van der Waals surface area contributed by atoms with Crippen LogP contribution in [0.5, 0.6) is 0 Å². The molecule has 2 amide bonds. The molecule has 0 spiro atoms. The minimum Gasteiger partial charge on any atom is -0.387 e. The molecule has 0 aliphatic rings. The zero-order valence-electron chi connectivity index (χ0n) is 11.6. The summed E-state index contributed by atoms with van der Waals surface area (Å²) in [7, 11) is 0. The fourth-order valence-corrected chi connectivity index (χ4v) is 1.78. The van der Waals surface area contributed by atoms with Crippen molar-refractivity contribution in [3.63, 3.8) is 0 Å². The second-order valence-corrected chi connectivity index (χ2v) is 4.65. The number of rotatable bonds is 4. The predicted octanol–water partition coefficient (Wildman–Crippen LogP) is 3.10. The molecule has 0 radical (unpaired) electrons. The topological polar surface area (TPSA) is 61.4 Å². The summed E-state index contributed by atoms with van der Waals surface area (Å²) in [6.07, 6.45) is -1.28. The average Bonchev–Trinajstić information content (AvgIpc) is 2.50. The van der Waals surface area contributed by atoms with E-state index in [2.05, 4.69) is 10.6 Å². The van der Waals surface area contributed by atoms with Crippen LogP contribution in [-0.2, 0) is 0 Å². The lowest BCUT2D eigenvalue weighted by molar-refractivity contribution is 0.174. The number of anilines is 1. The standard InChI is InChI=1S/C15H12F4N2O2/c16-9-2-4-13(12(19)6-9)21-15(23)20-7-14(22)8-1-3-10(17)11(18)5-8/h1-6,14,22H,7H2,(H2,20,21,23)/t14-/m0/s1. The molecule has 0 heterocycles. The Morgan fingerprint density at radius 3 is 2.39 bits per heavy atom. The lowest BCUT2D eigenvalue weighted by Crippen LogP contribution is -2.32. The molecule has 0 aliphatic carbocycles. The van der Waals surface area contributed by atoms with Crippen LogP contribution < -0.4 is 10.6 Å². The maximum absolute atomic E-state index is 13.3. The van der Waals surface area contributed by atoms with Crippen molar-refractivity contribution in [2.75, 3.05) is 11.9 Å². The third-order valence-electron chi connectivity index (χ3n) is 2.96. The molecule has 122 valence electrons. The van der Waals surface area contributed by atoms with Gasteiger partial charge in [-0.1, -0.05) is 6.07 Å². The molecule has 0 saturated heterocycles. The molecule has 0 unspecified atom stereocenters. The van der Waals surface area contributed by atoms with Crippen LogP contribution in [0.25, 0.3) is 0 Å². The molecule has 4 nitrogen and oxygen atoms in total. The van der Waals surface area contributed by atoms with Gasteiger partial charge in [-0.15, -0.1) is 0 Å². The van der Waals surface area contributed by atoms with Crippen LogP contribution in [0.4, 0.5) is 28.0 Å². The van der Waals surface area contributed by atoms with Crippen LogP contribution >= 0.6 is 0 Å². The van der Waals surface area contributed by atoms with E-state index in [0.29, 0.717) is 6.07 Å². The Labute approximate surface area is 128 Å². The largest absolute Gasteiger partial charge is 0.387 e. The number of benzene rings is 2. The van der Waals surface area contributed by atoms with Gasteiger partial charge in [-0.3, -0.25) is 0 Å². The molecular weight excluding hydrogens is 316 g/mol. The van der Waals surface area contributed by atoms with Crippen molar-refractivity contribution in [1.29, 1.82) is 0 Å². The number of hydrogen-bond donors (Lipinski definition) is 3. The van der Waals surface area contributed by atoms with Crippen molar-refractivity contribution in [2.24, 2.45) is 0 Å². The van der Waals surface area contributed by atoms with Crippen LogP contribution in [0.1, 0.15) is 11.7 Å². The molecule has 2 aromatic carbocycles. The molecule has 0 bridgehead atoms. The van der Waals surface area contributed by atoms with E-state index in [4.69, 9.17) is 0 Å². The van der Waals surface area contributed by atoms with E-state index in [9.17, 15) is 27.5 Å². The highest BCUT2D eigenvalue weighted by Crippen LogP contribution is 2.16. The Morgan fingerprint density at radius 1 is 1.00 bits per heavy atom. The number of carbonyl (C=O) groups excluding carboxylic acids is 1. The zero-order valence-corrected chi connectivity index (χ0v) is 11.6. The third-order valence-corrected chi connectivity index (χ3v) is 2.96. The van der Waals surface area contributed by atoms with Crippen molar-refractivity contribution in [3.05, 3.63) is 65.2 Å². The fourth-order valence-electron chi connectivity index (χ4n) is 1.78. The summed E-state index contributed by atoms with van der Waals surface area (Å²) in [6, 6.07) is 4.58. The van der Waals surface area contributed by atoms with Gasteiger partial charge in [-0.25, -0.2) is 22.4 Å². The van der Waals surface area contributed by atoms with Crippen LogP contribution in [0, 0.1) is 23.3 Å². The maximum atomic E-state index is 13.3. The van der Waals surface area contributed by atoms with Gasteiger partial charge < -0.3 is 15.7 Å². The minimum absolute atomic E-state index is 0.0668. The van der Waals surface area contributed by atoms with Crippen molar-refractivity contribution in [3.8, 4) is 0 Å². The highest BCUT2D eigenvalue weighted by molar-refractivity contribution is 5.89. The van der Waals surface area contributed by atoms with Crippen LogP contribution in [0.2, 0.25) is 0 Å². The number of amides is 2. The Kier molecular flexibility index (Phi) is 5.17. The van der Waals surface area contributed by atoms with E-state index < -0.39 is 35.4 Å². The molecule has 8 heteroatoms. The normalized spacial score (nSPS) is 11.9. The van der Waals surface area contributed by atoms with E-state index in [0.717, 1.165) is 24.3 Å². The molecule has 0 aromatic heterocycles. The maximum Gasteiger partial charge on any atom is 0.319 e. The molecule has 2 aromatic rings. The molecule has 0 aliphatic heterocycles. The van der Waals surface area contributed by atoms with E-state index in [-0.39, 0.29) is 17.8 Å². The van der Waals surface area contributed by atoms with Crippen molar-refractivity contribution in [2.45, 2.75) is 6.10 Å². The zero-order chi connectivity index (χ0) is 17.0. The summed E-state index contributed by atoms with van der Waals surface area (Å²) in [5.74, 6) is -3.93. The quantitative estimate of drug-likeness (QED) is 0.755. The predicted molar refractivity (Wildman–Crippen MR) is 74.7 cm³/mol. The average molecular weight is 328 g/mol. The van der Waals surface area contributed by atoms with Gasteiger partial charge in [-0.2, -0.15) is 0 Å². The summed E-state index contributed by atoms with van der Waals surface area (Å²) in [5, 5.41) is 14.1. The van der Waals surface area contributed by atoms with Gasteiger partial charge in [-0.05, 0) is 29.8 Å². The van der Waals surface area contributed by atoms with Gasteiger partial charge in [0.1, 0.15) is 11.6 Å². The summed E-state index contributed by atoms with van der Waals surface area (Å²) >= 11 is 0. The van der Waals surface area contributed by atoms with Gasteiger partial charge in [0.2, 0.25) is 0 Å². The first-order chi connectivity index (χ1) is 10.9. The molecule has 23 heavy (non-hydrogen) atoms. The lowest BCUT2D eigenvalue weighted by atomic mass is 10.1. The van der Waals surface area contributed by atoms with Crippen LogP contribution in [0.15, 0.2) is 36.4 Å². The summed E-state index contributed by atoms with van der Waals surface area (Å²) in [6.45, 7) is -0.320. The molecule has 0 saturated carbocycles. The number of aliphatic hydroxyl groups is 1. The first-order valence-electron chi connectivity index (χ1n) is 6.49. The van der Waals surface area contributed by atoms with Gasteiger partial charge in [0.25, 0.3) is 0 Å². The lowest BCUT2D eigenvalue weighted by Gasteiger charge is -2.13. The molecular formula is C15H12F4N2O2. The van der Waals surface area contributed by atoms with E-state index >= 15 is 0 Å². The number of hydrogen-bond acceptors (Lipinski definition) is 2. The van der Waals surface area contributed by atoms with E-state index in [1.165, 1.54) is 6.07 Å². The Morgan fingerprint density at radius 2 is 1.74 bits per heavy atom. The first kappa shape index (κ1) is 16.8. The summed E-state index contributed by atoms with van der Waals surface area (Å²) < 4.78 is 51.9. The molecule has 1 atom stereocenters. The monoisotopic (exact) mass is 328 g/mol. The van der Waals surface area contributed by atoms with Crippen molar-refractivity contribution < 1.29 is 27.5 Å². The van der Waals surface area contributed by atoms with Gasteiger partial charge >= 0.3 is 6.03 Å². The van der Waals surface area contributed by atoms with Crippen molar-refractivity contribution >= 4 is 11.7 Å². The number of urea groups is 1. The Bertz CT molecular complexity index is 725. The van der Waals surface area contributed by atoms with E-state index in [1.54, 1.807) is 0 Å². The minimum atomic E-state index is -1.28. The molecule has 0 fully saturated rings. The molecule has 2 rings (SSSR count). The first-order valence-corrected chi connectivity index (χ1v) is 6.49. The molecule has 3 N–H and O–H groups in total. The second-order valence-electron chi connectivity index (χ2n) is 4.65. The Hall–Kier alpha value is -2.61.